The first-order valence-electron chi connectivity index (χ1n) is 3.30. The molecule has 3 nitrogen and oxygen atoms in total. The van der Waals surface area contributed by atoms with Crippen molar-refractivity contribution in [2.45, 2.75) is 4.90 Å². The van der Waals surface area contributed by atoms with Crippen LogP contribution in [-0.2, 0) is 0 Å². The number of hydrogen-bond donors (Lipinski definition) is 1. The van der Waals surface area contributed by atoms with Gasteiger partial charge >= 0.3 is 29.6 Å². The number of thiol groups is 1. The van der Waals surface area contributed by atoms with Gasteiger partial charge in [-0.2, -0.15) is 15.8 Å². The Morgan fingerprint density at radius 3 is 1.71 bits per heavy atom. The zero-order valence-electron chi connectivity index (χ0n) is 8.44. The Kier molecular flexibility index (Phi) is 5.31. The van der Waals surface area contributed by atoms with E-state index in [1.807, 2.05) is 18.2 Å². The van der Waals surface area contributed by atoms with Gasteiger partial charge in [-0.3, -0.25) is 0 Å². The molecule has 0 atom stereocenters. The minimum Gasteiger partial charge on any atom is -1.00 e. The van der Waals surface area contributed by atoms with E-state index >= 15 is 0 Å². The molecule has 5 heteroatoms. The van der Waals surface area contributed by atoms with E-state index in [-0.39, 0.29) is 42.1 Å². The second kappa shape index (κ2) is 5.70. The monoisotopic (exact) mass is 209 g/mol. The summed E-state index contributed by atoms with van der Waals surface area (Å²) in [6.45, 7) is 0. The molecule has 0 spiro atoms. The minimum absolute atomic E-state index is 0. The Morgan fingerprint density at radius 2 is 1.43 bits per heavy atom. The predicted octanol–water partition coefficient (Wildman–Crippen LogP) is -1.29. The molecule has 0 aliphatic heterocycles. The average molecular weight is 209 g/mol. The van der Waals surface area contributed by atoms with E-state index in [1.54, 1.807) is 0 Å². The predicted molar refractivity (Wildman–Crippen MR) is 49.0 cm³/mol. The molecule has 0 radical (unpaired) electrons. The van der Waals surface area contributed by atoms with Gasteiger partial charge in [0.25, 0.3) is 0 Å². The van der Waals surface area contributed by atoms with Crippen molar-refractivity contribution in [2.75, 3.05) is 0 Å². The van der Waals surface area contributed by atoms with Crippen molar-refractivity contribution in [3.63, 3.8) is 0 Å². The van der Waals surface area contributed by atoms with E-state index in [1.165, 1.54) is 12.1 Å². The fraction of sp³-hybridized carbons (Fsp3) is 0. The fourth-order valence-corrected chi connectivity index (χ4v) is 1.10. The normalized spacial score (nSPS) is 7.57. The molecule has 1 rings (SSSR count). The van der Waals surface area contributed by atoms with E-state index in [2.05, 4.69) is 12.6 Å². The van der Waals surface area contributed by atoms with Crippen molar-refractivity contribution in [1.82, 2.24) is 0 Å². The van der Waals surface area contributed by atoms with Crippen molar-refractivity contribution >= 4 is 12.6 Å². The van der Waals surface area contributed by atoms with Crippen LogP contribution >= 0.6 is 12.6 Å². The van der Waals surface area contributed by atoms with E-state index in [4.69, 9.17) is 15.8 Å². The number of nitriles is 3. The quantitative estimate of drug-likeness (QED) is 0.427. The van der Waals surface area contributed by atoms with Gasteiger partial charge in [-0.15, -0.1) is 12.6 Å². The van der Waals surface area contributed by atoms with E-state index in [0.29, 0.717) is 10.5 Å². The molecule has 1 aromatic carbocycles. The molecule has 0 heterocycles. The Morgan fingerprint density at radius 1 is 1.00 bits per heavy atom. The SMILES string of the molecule is N#Cc1cc(C#N)c(S)c(C#N)c1.[H-].[Na+]. The molecule has 0 saturated carbocycles. The van der Waals surface area contributed by atoms with Gasteiger partial charge in [0.1, 0.15) is 12.1 Å². The fourth-order valence-electron chi connectivity index (χ4n) is 0.869. The Bertz CT molecular complexity index is 447. The number of hydrogen-bond acceptors (Lipinski definition) is 4. The van der Waals surface area contributed by atoms with Crippen LogP contribution in [0.4, 0.5) is 0 Å². The summed E-state index contributed by atoms with van der Waals surface area (Å²) in [5, 5.41) is 25.9. The molecular weight excluding hydrogens is 205 g/mol. The van der Waals surface area contributed by atoms with Gasteiger partial charge in [-0.05, 0) is 12.1 Å². The van der Waals surface area contributed by atoms with Gasteiger partial charge in [0.05, 0.1) is 22.8 Å². The molecule has 0 bridgehead atoms. The first-order valence-corrected chi connectivity index (χ1v) is 3.75. The molecule has 62 valence electrons. The molecule has 1 aromatic rings. The van der Waals surface area contributed by atoms with E-state index < -0.39 is 0 Å². The maximum absolute atomic E-state index is 8.64. The molecule has 0 aromatic heterocycles. The van der Waals surface area contributed by atoms with Gasteiger partial charge in [0.15, 0.2) is 0 Å². The topological polar surface area (TPSA) is 71.4 Å². The van der Waals surface area contributed by atoms with Crippen LogP contribution < -0.4 is 29.6 Å². The standard InChI is InChI=1S/C9H3N3S.Na.H/c10-3-6-1-7(4-11)9(13)8(2-6)5-12;;/h1-2,13H;;/q;+1;-1. The molecule has 0 aliphatic rings. The minimum atomic E-state index is 0. The van der Waals surface area contributed by atoms with Crippen LogP contribution in [0.15, 0.2) is 17.0 Å². The van der Waals surface area contributed by atoms with Crippen LogP contribution in [0, 0.1) is 34.0 Å². The second-order valence-electron chi connectivity index (χ2n) is 2.26. The number of nitrogens with zero attached hydrogens (tertiary/aromatic N) is 3. The summed E-state index contributed by atoms with van der Waals surface area (Å²) in [5.41, 5.74) is 0.795. The van der Waals surface area contributed by atoms with Crippen LogP contribution in [0.2, 0.25) is 0 Å². The van der Waals surface area contributed by atoms with Gasteiger partial charge in [-0.1, -0.05) is 0 Å². The summed E-state index contributed by atoms with van der Waals surface area (Å²) in [6.07, 6.45) is 0. The Labute approximate surface area is 111 Å². The van der Waals surface area contributed by atoms with Crippen molar-refractivity contribution in [1.29, 1.82) is 15.8 Å². The zero-order chi connectivity index (χ0) is 9.84. The summed E-state index contributed by atoms with van der Waals surface area (Å²) >= 11 is 4.00. The average Bonchev–Trinajstić information content (AvgIpc) is 2.18. The Balaban J connectivity index is 0. The van der Waals surface area contributed by atoms with Gasteiger partial charge in [-0.25, -0.2) is 0 Å². The van der Waals surface area contributed by atoms with E-state index in [0.717, 1.165) is 0 Å². The van der Waals surface area contributed by atoms with Crippen molar-refractivity contribution < 1.29 is 31.0 Å². The molecule has 0 amide bonds. The van der Waals surface area contributed by atoms with Crippen molar-refractivity contribution in [3.05, 3.63) is 28.8 Å². The summed E-state index contributed by atoms with van der Waals surface area (Å²) in [4.78, 5) is 0.323. The molecule has 0 fully saturated rings. The molecule has 0 unspecified atom stereocenters. The summed E-state index contributed by atoms with van der Waals surface area (Å²) in [6, 6.07) is 8.41. The summed E-state index contributed by atoms with van der Waals surface area (Å²) in [5.74, 6) is 0. The third-order valence-electron chi connectivity index (χ3n) is 1.48. The molecule has 14 heavy (non-hydrogen) atoms. The third-order valence-corrected chi connectivity index (χ3v) is 1.96. The van der Waals surface area contributed by atoms with Gasteiger partial charge < -0.3 is 1.43 Å². The maximum Gasteiger partial charge on any atom is 1.00 e. The summed E-state index contributed by atoms with van der Waals surface area (Å²) < 4.78 is 0. The van der Waals surface area contributed by atoms with Crippen molar-refractivity contribution in [3.8, 4) is 18.2 Å². The van der Waals surface area contributed by atoms with Crippen LogP contribution in [0.5, 0.6) is 0 Å². The van der Waals surface area contributed by atoms with E-state index in [9.17, 15) is 0 Å². The van der Waals surface area contributed by atoms with Gasteiger partial charge in [0.2, 0.25) is 0 Å². The molecule has 0 saturated heterocycles. The third kappa shape index (κ3) is 2.51. The number of benzene rings is 1. The van der Waals surface area contributed by atoms with Crippen LogP contribution in [-0.4, -0.2) is 0 Å². The zero-order valence-corrected chi connectivity index (χ0v) is 10.3. The maximum atomic E-state index is 8.64. The van der Waals surface area contributed by atoms with Crippen LogP contribution in [0.1, 0.15) is 18.1 Å². The molecule has 0 aliphatic carbocycles. The van der Waals surface area contributed by atoms with Gasteiger partial charge in [0, 0.05) is 4.90 Å². The molecular formula is C9H4N3NaS. The first kappa shape index (κ1) is 13.0. The largest absolute Gasteiger partial charge is 1.00 e. The first-order chi connectivity index (χ1) is 6.22. The van der Waals surface area contributed by atoms with Crippen LogP contribution in [0.25, 0.3) is 0 Å². The summed E-state index contributed by atoms with van der Waals surface area (Å²) in [7, 11) is 0. The number of rotatable bonds is 0. The van der Waals surface area contributed by atoms with Crippen LogP contribution in [0.3, 0.4) is 0 Å². The van der Waals surface area contributed by atoms with Crippen molar-refractivity contribution in [2.24, 2.45) is 0 Å². The molecule has 0 N–H and O–H groups in total. The second-order valence-corrected chi connectivity index (χ2v) is 2.70. The smallest absolute Gasteiger partial charge is 1.00 e. The Hall–Kier alpha value is -0.960.